The number of aryl methyl sites for hydroxylation is 2. The minimum Gasteiger partial charge on any atom is -0.321 e. The molecule has 0 amide bonds. The van der Waals surface area contributed by atoms with Crippen LogP contribution in [0.2, 0.25) is 0 Å². The zero-order valence-corrected chi connectivity index (χ0v) is 8.84. The normalized spacial score (nSPS) is 15.4. The van der Waals surface area contributed by atoms with Crippen molar-refractivity contribution in [3.8, 4) is 0 Å². The van der Waals surface area contributed by atoms with Crippen molar-refractivity contribution in [1.82, 2.24) is 0 Å². The second-order valence-corrected chi connectivity index (χ2v) is 4.97. The van der Waals surface area contributed by atoms with Crippen LogP contribution in [-0.2, 0) is 9.09 Å². The molecule has 0 saturated carbocycles. The molecule has 1 aromatic carbocycles. The van der Waals surface area contributed by atoms with Crippen LogP contribution in [0.15, 0.2) is 18.2 Å². The van der Waals surface area contributed by atoms with Gasteiger partial charge in [-0.2, -0.15) is 0 Å². The largest absolute Gasteiger partial charge is 0.358 e. The Morgan fingerprint density at radius 2 is 1.69 bits per heavy atom. The number of rotatable bonds is 2. The molecule has 72 valence electrons. The van der Waals surface area contributed by atoms with Gasteiger partial charge in [-0.3, -0.25) is 4.57 Å². The predicted octanol–water partition coefficient (Wildman–Crippen LogP) is 1.76. The maximum Gasteiger partial charge on any atom is 0.358 e. The lowest BCUT2D eigenvalue weighted by Gasteiger charge is -2.10. The summed E-state index contributed by atoms with van der Waals surface area (Å²) in [7, 11) is -2.35. The highest BCUT2D eigenvalue weighted by molar-refractivity contribution is 7.61. The van der Waals surface area contributed by atoms with Crippen LogP contribution < -0.4 is 5.30 Å². The van der Waals surface area contributed by atoms with Crippen molar-refractivity contribution in [2.24, 2.45) is 0 Å². The van der Waals surface area contributed by atoms with E-state index in [-0.39, 0.29) is 0 Å². The van der Waals surface area contributed by atoms with Crippen molar-refractivity contribution in [2.75, 3.05) is 7.11 Å². The van der Waals surface area contributed by atoms with Gasteiger partial charge >= 0.3 is 7.60 Å². The molecule has 0 radical (unpaired) electrons. The lowest BCUT2D eigenvalue weighted by atomic mass is 10.2. The average Bonchev–Trinajstić information content (AvgIpc) is 2.02. The zero-order chi connectivity index (χ0) is 10.1. The Balaban J connectivity index is 3.23. The predicted molar refractivity (Wildman–Crippen MR) is 52.4 cm³/mol. The SMILES string of the molecule is COP(=O)(O)c1cc(C)cc(C)c1. The summed E-state index contributed by atoms with van der Waals surface area (Å²) in [5.41, 5.74) is 1.92. The zero-order valence-electron chi connectivity index (χ0n) is 7.94. The molecule has 0 spiro atoms. The average molecular weight is 200 g/mol. The Labute approximate surface area is 77.9 Å². The fourth-order valence-corrected chi connectivity index (χ4v) is 2.16. The van der Waals surface area contributed by atoms with E-state index in [1.165, 1.54) is 7.11 Å². The van der Waals surface area contributed by atoms with E-state index in [1.807, 2.05) is 19.9 Å². The van der Waals surface area contributed by atoms with Crippen molar-refractivity contribution < 1.29 is 14.0 Å². The van der Waals surface area contributed by atoms with Crippen LogP contribution in [0.25, 0.3) is 0 Å². The third kappa shape index (κ3) is 2.41. The minimum atomic E-state index is -3.58. The van der Waals surface area contributed by atoms with Crippen molar-refractivity contribution in [3.63, 3.8) is 0 Å². The van der Waals surface area contributed by atoms with Gasteiger partial charge in [-0.1, -0.05) is 6.07 Å². The van der Waals surface area contributed by atoms with Gasteiger partial charge < -0.3 is 9.42 Å². The maximum atomic E-state index is 11.4. The van der Waals surface area contributed by atoms with Gasteiger partial charge in [-0.25, -0.2) is 0 Å². The lowest BCUT2D eigenvalue weighted by molar-refractivity contribution is 0.328. The first-order valence-corrected chi connectivity index (χ1v) is 5.51. The highest BCUT2D eigenvalue weighted by Gasteiger charge is 2.20. The molecular weight excluding hydrogens is 187 g/mol. The van der Waals surface area contributed by atoms with Crippen LogP contribution in [-0.4, -0.2) is 12.0 Å². The van der Waals surface area contributed by atoms with E-state index in [0.717, 1.165) is 11.1 Å². The molecule has 1 aromatic rings. The molecule has 3 nitrogen and oxygen atoms in total. The Hall–Kier alpha value is -0.630. The summed E-state index contributed by atoms with van der Waals surface area (Å²) < 4.78 is 16.0. The van der Waals surface area contributed by atoms with E-state index in [9.17, 15) is 9.46 Å². The second-order valence-electron chi connectivity index (χ2n) is 3.05. The van der Waals surface area contributed by atoms with Gasteiger partial charge in [0.15, 0.2) is 0 Å². The third-order valence-electron chi connectivity index (χ3n) is 1.78. The first-order valence-electron chi connectivity index (χ1n) is 3.93. The Kier molecular flexibility index (Phi) is 2.91. The Morgan fingerprint density at radius 1 is 1.23 bits per heavy atom. The molecule has 0 fully saturated rings. The van der Waals surface area contributed by atoms with Crippen LogP contribution in [0.1, 0.15) is 11.1 Å². The van der Waals surface area contributed by atoms with E-state index in [1.54, 1.807) is 12.1 Å². The van der Waals surface area contributed by atoms with Crippen LogP contribution in [0.3, 0.4) is 0 Å². The molecule has 0 bridgehead atoms. The van der Waals surface area contributed by atoms with Gasteiger partial charge in [-0.05, 0) is 37.1 Å². The highest BCUT2D eigenvalue weighted by Crippen LogP contribution is 2.39. The number of hydrogen-bond acceptors (Lipinski definition) is 2. The third-order valence-corrected chi connectivity index (χ3v) is 3.19. The highest BCUT2D eigenvalue weighted by atomic mass is 31.2. The molecule has 1 unspecified atom stereocenters. The summed E-state index contributed by atoms with van der Waals surface area (Å²) in [6.07, 6.45) is 0. The van der Waals surface area contributed by atoms with Gasteiger partial charge in [0.25, 0.3) is 0 Å². The smallest absolute Gasteiger partial charge is 0.321 e. The fraction of sp³-hybridized carbons (Fsp3) is 0.333. The van der Waals surface area contributed by atoms with Gasteiger partial charge in [0.1, 0.15) is 0 Å². The van der Waals surface area contributed by atoms with E-state index < -0.39 is 7.60 Å². The summed E-state index contributed by atoms with van der Waals surface area (Å²) in [6.45, 7) is 3.76. The van der Waals surface area contributed by atoms with Gasteiger partial charge in [0.05, 0.1) is 5.30 Å². The van der Waals surface area contributed by atoms with Crippen LogP contribution in [0.5, 0.6) is 0 Å². The van der Waals surface area contributed by atoms with Gasteiger partial charge in [0, 0.05) is 7.11 Å². The molecule has 1 N–H and O–H groups in total. The summed E-state index contributed by atoms with van der Waals surface area (Å²) in [5, 5.41) is 0.354. The van der Waals surface area contributed by atoms with Crippen molar-refractivity contribution in [1.29, 1.82) is 0 Å². The topological polar surface area (TPSA) is 46.5 Å². The molecule has 1 atom stereocenters. The van der Waals surface area contributed by atoms with E-state index in [2.05, 4.69) is 4.52 Å². The molecule has 1 rings (SSSR count). The van der Waals surface area contributed by atoms with Crippen LogP contribution >= 0.6 is 7.60 Å². The van der Waals surface area contributed by atoms with Crippen LogP contribution in [0, 0.1) is 13.8 Å². The molecule has 0 aliphatic carbocycles. The van der Waals surface area contributed by atoms with Gasteiger partial charge in [0.2, 0.25) is 0 Å². The quantitative estimate of drug-likeness (QED) is 0.740. The first-order chi connectivity index (χ1) is 5.95. The van der Waals surface area contributed by atoms with E-state index >= 15 is 0 Å². The van der Waals surface area contributed by atoms with E-state index in [4.69, 9.17) is 0 Å². The first kappa shape index (κ1) is 10.5. The van der Waals surface area contributed by atoms with Crippen molar-refractivity contribution >= 4 is 12.9 Å². The second kappa shape index (κ2) is 3.62. The van der Waals surface area contributed by atoms with Crippen molar-refractivity contribution in [3.05, 3.63) is 29.3 Å². The molecule has 0 aliphatic heterocycles. The summed E-state index contributed by atoms with van der Waals surface area (Å²) in [5.74, 6) is 0. The molecule has 4 heteroatoms. The molecule has 0 heterocycles. The van der Waals surface area contributed by atoms with Crippen LogP contribution in [0.4, 0.5) is 0 Å². The number of hydrogen-bond donors (Lipinski definition) is 1. The maximum absolute atomic E-state index is 11.4. The summed E-state index contributed by atoms with van der Waals surface area (Å²) in [4.78, 5) is 9.38. The molecule has 0 saturated heterocycles. The fourth-order valence-electron chi connectivity index (χ4n) is 1.22. The monoisotopic (exact) mass is 200 g/mol. The molecular formula is C9H13O3P. The Bertz CT molecular complexity index is 340. The Morgan fingerprint density at radius 3 is 2.08 bits per heavy atom. The molecule has 0 aromatic heterocycles. The lowest BCUT2D eigenvalue weighted by Crippen LogP contribution is -2.06. The molecule has 0 aliphatic rings. The minimum absolute atomic E-state index is 0.354. The standard InChI is InChI=1S/C9H13O3P/c1-7-4-8(2)6-9(5-7)13(10,11)12-3/h4-6H,1-3H3,(H,10,11). The van der Waals surface area contributed by atoms with Crippen molar-refractivity contribution in [2.45, 2.75) is 13.8 Å². The van der Waals surface area contributed by atoms with E-state index in [0.29, 0.717) is 5.30 Å². The summed E-state index contributed by atoms with van der Waals surface area (Å²) >= 11 is 0. The van der Waals surface area contributed by atoms with Gasteiger partial charge in [-0.15, -0.1) is 0 Å². The summed E-state index contributed by atoms with van der Waals surface area (Å²) in [6, 6.07) is 5.27. The number of benzene rings is 1. The molecule has 13 heavy (non-hydrogen) atoms.